The summed E-state index contributed by atoms with van der Waals surface area (Å²) < 4.78 is 1.23. The van der Waals surface area contributed by atoms with Crippen LogP contribution in [-0.4, -0.2) is 30.8 Å². The first-order chi connectivity index (χ1) is 13.1. The van der Waals surface area contributed by atoms with E-state index in [1.54, 1.807) is 12.1 Å². The van der Waals surface area contributed by atoms with E-state index in [1.807, 2.05) is 36.4 Å². The van der Waals surface area contributed by atoms with Crippen LogP contribution in [0.1, 0.15) is 15.9 Å². The summed E-state index contributed by atoms with van der Waals surface area (Å²) in [7, 11) is 0. The van der Waals surface area contributed by atoms with Gasteiger partial charge in [0.15, 0.2) is 0 Å². The summed E-state index contributed by atoms with van der Waals surface area (Å²) in [6.07, 6.45) is 2.49. The van der Waals surface area contributed by atoms with Crippen molar-refractivity contribution in [2.45, 2.75) is 6.54 Å². The predicted octanol–water partition coefficient (Wildman–Crippen LogP) is 2.42. The molecule has 27 heavy (non-hydrogen) atoms. The van der Waals surface area contributed by atoms with Gasteiger partial charge in [0.25, 0.3) is 5.56 Å². The molecule has 2 heterocycles. The van der Waals surface area contributed by atoms with Gasteiger partial charge in [0.1, 0.15) is 0 Å². The van der Waals surface area contributed by atoms with E-state index in [0.717, 1.165) is 11.3 Å². The molecule has 0 aliphatic heterocycles. The third kappa shape index (κ3) is 3.40. The number of aromatic amines is 1. The number of nitrogens with zero attached hydrogens (tertiary/aromatic N) is 3. The zero-order chi connectivity index (χ0) is 18.8. The van der Waals surface area contributed by atoms with Crippen molar-refractivity contribution in [1.82, 2.24) is 19.7 Å². The number of carbonyl (C=O) groups is 1. The van der Waals surface area contributed by atoms with Crippen LogP contribution in [0.5, 0.6) is 0 Å². The van der Waals surface area contributed by atoms with E-state index in [0.29, 0.717) is 17.4 Å². The van der Waals surface area contributed by atoms with Gasteiger partial charge in [-0.3, -0.25) is 9.78 Å². The standard InChI is InChI=1S/C19H15N5O3/c25-17-15-8-14(20-9-12-4-2-1-3-5-12)6-7-16(15)22-19(23-17)24-11-13(10-21-24)18(26)27/h1-8,10-11,20H,9H2,(H,26,27)(H,22,23,25). The van der Waals surface area contributed by atoms with Gasteiger partial charge in [-0.2, -0.15) is 5.10 Å². The van der Waals surface area contributed by atoms with Crippen LogP contribution < -0.4 is 10.9 Å². The third-order valence-electron chi connectivity index (χ3n) is 4.08. The Kier molecular flexibility index (Phi) is 4.13. The number of aromatic nitrogens is 4. The Labute approximate surface area is 153 Å². The quantitative estimate of drug-likeness (QED) is 0.503. The summed E-state index contributed by atoms with van der Waals surface area (Å²) >= 11 is 0. The van der Waals surface area contributed by atoms with Gasteiger partial charge in [-0.15, -0.1) is 0 Å². The molecule has 8 heteroatoms. The van der Waals surface area contributed by atoms with Gasteiger partial charge in [0.2, 0.25) is 5.95 Å². The Morgan fingerprint density at radius 2 is 2.00 bits per heavy atom. The summed E-state index contributed by atoms with van der Waals surface area (Å²) in [5, 5.41) is 16.6. The minimum absolute atomic E-state index is 0.0122. The molecule has 0 spiro atoms. The fraction of sp³-hybridized carbons (Fsp3) is 0.0526. The first-order valence-electron chi connectivity index (χ1n) is 8.20. The van der Waals surface area contributed by atoms with Gasteiger partial charge >= 0.3 is 5.97 Å². The van der Waals surface area contributed by atoms with E-state index in [-0.39, 0.29) is 17.1 Å². The number of hydrogen-bond donors (Lipinski definition) is 3. The van der Waals surface area contributed by atoms with Crippen molar-refractivity contribution in [2.24, 2.45) is 0 Å². The molecular formula is C19H15N5O3. The fourth-order valence-corrected chi connectivity index (χ4v) is 2.69. The molecule has 134 valence electrons. The molecule has 0 amide bonds. The maximum absolute atomic E-state index is 12.5. The third-order valence-corrected chi connectivity index (χ3v) is 4.08. The number of aromatic carboxylic acids is 1. The normalized spacial score (nSPS) is 10.8. The monoisotopic (exact) mass is 361 g/mol. The van der Waals surface area contributed by atoms with Gasteiger partial charge in [-0.1, -0.05) is 30.3 Å². The van der Waals surface area contributed by atoms with Crippen molar-refractivity contribution in [1.29, 1.82) is 0 Å². The molecule has 0 fully saturated rings. The Bertz CT molecular complexity index is 1180. The van der Waals surface area contributed by atoms with E-state index in [4.69, 9.17) is 5.11 Å². The van der Waals surface area contributed by atoms with Gasteiger partial charge in [-0.25, -0.2) is 14.5 Å². The lowest BCUT2D eigenvalue weighted by Crippen LogP contribution is -2.14. The first kappa shape index (κ1) is 16.5. The Hall–Kier alpha value is -3.94. The maximum atomic E-state index is 12.5. The minimum Gasteiger partial charge on any atom is -0.478 e. The molecule has 3 N–H and O–H groups in total. The van der Waals surface area contributed by atoms with E-state index < -0.39 is 5.97 Å². The molecule has 0 bridgehead atoms. The van der Waals surface area contributed by atoms with Crippen molar-refractivity contribution < 1.29 is 9.90 Å². The van der Waals surface area contributed by atoms with Gasteiger partial charge < -0.3 is 10.4 Å². The van der Waals surface area contributed by atoms with Crippen LogP contribution in [-0.2, 0) is 6.54 Å². The van der Waals surface area contributed by atoms with E-state index in [1.165, 1.54) is 17.1 Å². The number of fused-ring (bicyclic) bond motifs is 1. The number of H-pyrrole nitrogens is 1. The molecule has 2 aromatic heterocycles. The summed E-state index contributed by atoms with van der Waals surface area (Å²) in [6, 6.07) is 15.3. The van der Waals surface area contributed by atoms with Gasteiger partial charge in [0.05, 0.1) is 22.7 Å². The minimum atomic E-state index is -1.10. The second-order valence-electron chi connectivity index (χ2n) is 5.94. The molecule has 2 aromatic carbocycles. The highest BCUT2D eigenvalue weighted by Gasteiger charge is 2.11. The first-order valence-corrected chi connectivity index (χ1v) is 8.20. The number of carboxylic acid groups (broad SMARTS) is 1. The van der Waals surface area contributed by atoms with Crippen LogP contribution in [0.3, 0.4) is 0 Å². The number of nitrogens with one attached hydrogen (secondary N) is 2. The van der Waals surface area contributed by atoms with Crippen LogP contribution in [0.2, 0.25) is 0 Å². The molecule has 8 nitrogen and oxygen atoms in total. The molecule has 0 unspecified atom stereocenters. The lowest BCUT2D eigenvalue weighted by Gasteiger charge is -2.08. The molecular weight excluding hydrogens is 346 g/mol. The number of carboxylic acids is 1. The average Bonchev–Trinajstić information content (AvgIpc) is 3.18. The average molecular weight is 361 g/mol. The highest BCUT2D eigenvalue weighted by atomic mass is 16.4. The van der Waals surface area contributed by atoms with Crippen molar-refractivity contribution in [3.63, 3.8) is 0 Å². The zero-order valence-electron chi connectivity index (χ0n) is 14.1. The van der Waals surface area contributed by atoms with E-state index in [9.17, 15) is 9.59 Å². The molecule has 0 saturated heterocycles. The van der Waals surface area contributed by atoms with Gasteiger partial charge in [-0.05, 0) is 23.8 Å². The van der Waals surface area contributed by atoms with Crippen LogP contribution in [0, 0.1) is 0 Å². The maximum Gasteiger partial charge on any atom is 0.338 e. The van der Waals surface area contributed by atoms with Crippen LogP contribution in [0.15, 0.2) is 65.7 Å². The number of hydrogen-bond acceptors (Lipinski definition) is 5. The van der Waals surface area contributed by atoms with E-state index in [2.05, 4.69) is 20.4 Å². The summed E-state index contributed by atoms with van der Waals surface area (Å²) in [4.78, 5) is 30.4. The zero-order valence-corrected chi connectivity index (χ0v) is 14.1. The van der Waals surface area contributed by atoms with Crippen molar-refractivity contribution >= 4 is 22.6 Å². The smallest absolute Gasteiger partial charge is 0.338 e. The fourth-order valence-electron chi connectivity index (χ4n) is 2.69. The Morgan fingerprint density at radius 3 is 2.74 bits per heavy atom. The molecule has 4 aromatic rings. The highest BCUT2D eigenvalue weighted by molar-refractivity contribution is 5.87. The summed E-state index contributed by atoms with van der Waals surface area (Å²) in [5.74, 6) is -0.941. The van der Waals surface area contributed by atoms with Crippen LogP contribution in [0.4, 0.5) is 5.69 Å². The molecule has 0 saturated carbocycles. The molecule has 4 rings (SSSR count). The molecule has 0 aliphatic rings. The van der Waals surface area contributed by atoms with Crippen molar-refractivity contribution in [3.8, 4) is 5.95 Å². The molecule has 0 aliphatic carbocycles. The molecule has 0 atom stereocenters. The molecule has 0 radical (unpaired) electrons. The highest BCUT2D eigenvalue weighted by Crippen LogP contribution is 2.16. The van der Waals surface area contributed by atoms with Gasteiger partial charge in [0, 0.05) is 18.4 Å². The number of anilines is 1. The Balaban J connectivity index is 1.63. The Morgan fingerprint density at radius 1 is 1.19 bits per heavy atom. The largest absolute Gasteiger partial charge is 0.478 e. The topological polar surface area (TPSA) is 113 Å². The summed E-state index contributed by atoms with van der Waals surface area (Å²) in [6.45, 7) is 0.640. The van der Waals surface area contributed by atoms with Crippen molar-refractivity contribution in [3.05, 3.63) is 82.4 Å². The predicted molar refractivity (Wildman–Crippen MR) is 100 cm³/mol. The lowest BCUT2D eigenvalue weighted by molar-refractivity contribution is 0.0697. The second kappa shape index (κ2) is 6.75. The van der Waals surface area contributed by atoms with Crippen LogP contribution in [0.25, 0.3) is 16.9 Å². The van der Waals surface area contributed by atoms with Crippen molar-refractivity contribution in [2.75, 3.05) is 5.32 Å². The van der Waals surface area contributed by atoms with E-state index >= 15 is 0 Å². The summed E-state index contributed by atoms with van der Waals surface area (Å²) in [5.41, 5.74) is 2.11. The second-order valence-corrected chi connectivity index (χ2v) is 5.94. The lowest BCUT2D eigenvalue weighted by atomic mass is 10.2. The SMILES string of the molecule is O=C(O)c1cnn(-c2nc3ccc(NCc4ccccc4)cc3c(=O)[nH]2)c1. The van der Waals surface area contributed by atoms with Crippen LogP contribution >= 0.6 is 0 Å². The number of benzene rings is 2. The number of rotatable bonds is 5.